The Bertz CT molecular complexity index is 303. The van der Waals surface area contributed by atoms with Crippen LogP contribution in [0.3, 0.4) is 0 Å². The van der Waals surface area contributed by atoms with Crippen LogP contribution in [-0.4, -0.2) is 24.8 Å². The lowest BCUT2D eigenvalue weighted by Crippen LogP contribution is -2.40. The maximum absolute atomic E-state index is 11.6. The van der Waals surface area contributed by atoms with Crippen molar-refractivity contribution >= 4 is 6.09 Å². The van der Waals surface area contributed by atoms with Crippen LogP contribution in [0.1, 0.15) is 48.0 Å². The van der Waals surface area contributed by atoms with Gasteiger partial charge in [-0.1, -0.05) is 26.0 Å². The van der Waals surface area contributed by atoms with E-state index < -0.39 is 11.7 Å². The molecule has 19 heavy (non-hydrogen) atoms. The molecule has 0 radical (unpaired) electrons. The number of nitrogens with one attached hydrogen (secondary N) is 1. The second-order valence-corrected chi connectivity index (χ2v) is 5.03. The second-order valence-electron chi connectivity index (χ2n) is 5.03. The number of ether oxygens (including phenoxy) is 2. The van der Waals surface area contributed by atoms with E-state index in [0.29, 0.717) is 12.2 Å². The van der Waals surface area contributed by atoms with E-state index >= 15 is 0 Å². The van der Waals surface area contributed by atoms with Crippen molar-refractivity contribution in [2.45, 2.75) is 59.6 Å². The quantitative estimate of drug-likeness (QED) is 0.606. The van der Waals surface area contributed by atoms with Gasteiger partial charge in [-0.05, 0) is 34.1 Å². The number of hydrogen-bond acceptors (Lipinski definition) is 3. The minimum atomic E-state index is -0.522. The molecule has 1 atom stereocenters. The monoisotopic (exact) mass is 271 g/mol. The Morgan fingerprint density at radius 2 is 1.74 bits per heavy atom. The number of hydrogen-bond donors (Lipinski definition) is 1. The van der Waals surface area contributed by atoms with E-state index in [1.807, 2.05) is 41.5 Å². The maximum Gasteiger partial charge on any atom is 0.408 e. The molecule has 0 fully saturated rings. The standard InChI is InChI=1S/C13H23NO3.C2H6/c1-9(2)8-11(10(3)16-7)14-12(15)17-13(4,5)6;1-2/h11H,1,3,8H2,2,4-7H3,(H,14,15);1-2H3. The Morgan fingerprint density at radius 3 is 2.05 bits per heavy atom. The summed E-state index contributed by atoms with van der Waals surface area (Å²) in [5.74, 6) is 0.485. The Labute approximate surface area is 117 Å². The van der Waals surface area contributed by atoms with Gasteiger partial charge in [-0.2, -0.15) is 0 Å². The lowest BCUT2D eigenvalue weighted by atomic mass is 10.1. The topological polar surface area (TPSA) is 47.6 Å². The van der Waals surface area contributed by atoms with Crippen molar-refractivity contribution in [3.8, 4) is 0 Å². The van der Waals surface area contributed by atoms with Gasteiger partial charge in [-0.3, -0.25) is 0 Å². The minimum absolute atomic E-state index is 0.313. The minimum Gasteiger partial charge on any atom is -0.500 e. The molecule has 0 heterocycles. The van der Waals surface area contributed by atoms with Crippen LogP contribution in [0.25, 0.3) is 0 Å². The molecule has 0 bridgehead atoms. The number of carbonyl (C=O) groups is 1. The van der Waals surface area contributed by atoms with Crippen molar-refractivity contribution in [1.82, 2.24) is 5.32 Å². The van der Waals surface area contributed by atoms with E-state index in [4.69, 9.17) is 9.47 Å². The summed E-state index contributed by atoms with van der Waals surface area (Å²) in [6, 6.07) is -0.313. The van der Waals surface area contributed by atoms with Gasteiger partial charge >= 0.3 is 6.09 Å². The zero-order valence-electron chi connectivity index (χ0n) is 13.4. The molecule has 1 unspecified atom stereocenters. The summed E-state index contributed by atoms with van der Waals surface area (Å²) < 4.78 is 10.2. The highest BCUT2D eigenvalue weighted by molar-refractivity contribution is 5.68. The molecule has 4 heteroatoms. The summed E-state index contributed by atoms with van der Waals surface area (Å²) in [4.78, 5) is 11.6. The molecule has 0 aromatic heterocycles. The molecule has 4 nitrogen and oxygen atoms in total. The van der Waals surface area contributed by atoms with Gasteiger partial charge in [0.05, 0.1) is 13.2 Å². The van der Waals surface area contributed by atoms with Crippen LogP contribution in [0.15, 0.2) is 24.5 Å². The largest absolute Gasteiger partial charge is 0.500 e. The molecule has 0 aliphatic rings. The Balaban J connectivity index is 0. The zero-order chi connectivity index (χ0) is 15.6. The summed E-state index contributed by atoms with van der Waals surface area (Å²) >= 11 is 0. The second kappa shape index (κ2) is 9.48. The summed E-state index contributed by atoms with van der Waals surface area (Å²) in [7, 11) is 1.52. The highest BCUT2D eigenvalue weighted by atomic mass is 16.6. The molecular weight excluding hydrogens is 242 g/mol. The average Bonchev–Trinajstić information content (AvgIpc) is 2.26. The molecule has 0 saturated carbocycles. The first-order valence-corrected chi connectivity index (χ1v) is 6.52. The molecule has 1 amide bonds. The summed E-state index contributed by atoms with van der Waals surface area (Å²) in [5, 5.41) is 2.71. The van der Waals surface area contributed by atoms with Gasteiger partial charge in [-0.25, -0.2) is 4.79 Å². The molecule has 0 spiro atoms. The van der Waals surface area contributed by atoms with Crippen LogP contribution in [0.4, 0.5) is 4.79 Å². The van der Waals surface area contributed by atoms with Crippen molar-refractivity contribution in [2.24, 2.45) is 0 Å². The van der Waals surface area contributed by atoms with E-state index in [2.05, 4.69) is 18.5 Å². The van der Waals surface area contributed by atoms with Gasteiger partial charge in [0.1, 0.15) is 11.4 Å². The van der Waals surface area contributed by atoms with Crippen LogP contribution in [0, 0.1) is 0 Å². The molecule has 0 saturated heterocycles. The summed E-state index contributed by atoms with van der Waals surface area (Å²) in [6.07, 6.45) is 0.0910. The molecular formula is C15H29NO3. The first-order chi connectivity index (χ1) is 8.65. The van der Waals surface area contributed by atoms with Gasteiger partial charge in [-0.15, -0.1) is 6.58 Å². The number of alkyl carbamates (subject to hydrolysis) is 1. The van der Waals surface area contributed by atoms with Gasteiger partial charge < -0.3 is 14.8 Å². The van der Waals surface area contributed by atoms with Crippen molar-refractivity contribution < 1.29 is 14.3 Å². The first-order valence-electron chi connectivity index (χ1n) is 6.52. The van der Waals surface area contributed by atoms with Crippen LogP contribution in [0.2, 0.25) is 0 Å². The van der Waals surface area contributed by atoms with Crippen LogP contribution >= 0.6 is 0 Å². The average molecular weight is 271 g/mol. The van der Waals surface area contributed by atoms with Gasteiger partial charge in [0.15, 0.2) is 0 Å². The van der Waals surface area contributed by atoms with E-state index in [1.165, 1.54) is 7.11 Å². The molecule has 0 aromatic rings. The fraction of sp³-hybridized carbons (Fsp3) is 0.667. The Hall–Kier alpha value is -1.45. The van der Waals surface area contributed by atoms with Gasteiger partial charge in [0.2, 0.25) is 0 Å². The highest BCUT2D eigenvalue weighted by Gasteiger charge is 2.21. The molecule has 112 valence electrons. The van der Waals surface area contributed by atoms with E-state index in [-0.39, 0.29) is 6.04 Å². The van der Waals surface area contributed by atoms with Crippen LogP contribution in [0.5, 0.6) is 0 Å². The van der Waals surface area contributed by atoms with Crippen LogP contribution in [-0.2, 0) is 9.47 Å². The smallest absolute Gasteiger partial charge is 0.408 e. The zero-order valence-corrected chi connectivity index (χ0v) is 13.4. The fourth-order valence-electron chi connectivity index (χ4n) is 1.19. The van der Waals surface area contributed by atoms with Gasteiger partial charge in [0.25, 0.3) is 0 Å². The third-order valence-corrected chi connectivity index (χ3v) is 1.89. The Morgan fingerprint density at radius 1 is 1.26 bits per heavy atom. The van der Waals surface area contributed by atoms with Crippen molar-refractivity contribution in [3.05, 3.63) is 24.5 Å². The maximum atomic E-state index is 11.6. The third kappa shape index (κ3) is 11.4. The predicted octanol–water partition coefficient (Wildman–Crippen LogP) is 4.03. The number of carbonyl (C=O) groups excluding carboxylic acids is 1. The lowest BCUT2D eigenvalue weighted by molar-refractivity contribution is 0.0497. The SMILES string of the molecule is C=C(C)CC(NC(=O)OC(C)(C)C)C(=C)OC.CC. The number of amides is 1. The Kier molecular flexibility index (Phi) is 9.92. The van der Waals surface area contributed by atoms with E-state index in [1.54, 1.807) is 0 Å². The van der Waals surface area contributed by atoms with E-state index in [9.17, 15) is 4.79 Å². The summed E-state index contributed by atoms with van der Waals surface area (Å²) in [5.41, 5.74) is 0.413. The third-order valence-electron chi connectivity index (χ3n) is 1.89. The molecule has 0 aliphatic heterocycles. The first kappa shape index (κ1) is 19.9. The normalized spacial score (nSPS) is 11.5. The highest BCUT2D eigenvalue weighted by Crippen LogP contribution is 2.12. The number of methoxy groups -OCH3 is 1. The summed E-state index contributed by atoms with van der Waals surface area (Å²) in [6.45, 7) is 18.9. The molecule has 1 N–H and O–H groups in total. The molecule has 0 rings (SSSR count). The van der Waals surface area contributed by atoms with Crippen molar-refractivity contribution in [3.63, 3.8) is 0 Å². The predicted molar refractivity (Wildman–Crippen MR) is 80.1 cm³/mol. The number of rotatable bonds is 5. The van der Waals surface area contributed by atoms with Crippen LogP contribution < -0.4 is 5.32 Å². The van der Waals surface area contributed by atoms with Crippen molar-refractivity contribution in [1.29, 1.82) is 0 Å². The molecule has 0 aromatic carbocycles. The van der Waals surface area contributed by atoms with Gasteiger partial charge in [0, 0.05) is 0 Å². The lowest BCUT2D eigenvalue weighted by Gasteiger charge is -2.24. The molecule has 0 aliphatic carbocycles. The van der Waals surface area contributed by atoms with E-state index in [0.717, 1.165) is 5.57 Å². The fourth-order valence-corrected chi connectivity index (χ4v) is 1.19. The van der Waals surface area contributed by atoms with Crippen molar-refractivity contribution in [2.75, 3.05) is 7.11 Å².